The van der Waals surface area contributed by atoms with E-state index in [0.29, 0.717) is 0 Å². The summed E-state index contributed by atoms with van der Waals surface area (Å²) in [5.74, 6) is 0. The number of halogens is 2. The molecule has 2 heterocycles. The van der Waals surface area contributed by atoms with Crippen molar-refractivity contribution >= 4 is 27.5 Å². The van der Waals surface area contributed by atoms with E-state index in [9.17, 15) is 12.3 Å². The second-order valence-corrected chi connectivity index (χ2v) is 4.19. The van der Waals surface area contributed by atoms with Gasteiger partial charge in [0.15, 0.2) is 5.15 Å². The Morgan fingerprint density at radius 2 is 2.14 bits per heavy atom. The average molecular weight is 235 g/mol. The van der Waals surface area contributed by atoms with Crippen LogP contribution >= 0.6 is 11.6 Å². The molecule has 74 valence electrons. The first kappa shape index (κ1) is 9.42. The zero-order valence-electron chi connectivity index (χ0n) is 6.68. The second-order valence-electron chi connectivity index (χ2n) is 2.57. The Kier molecular flexibility index (Phi) is 1.97. The van der Waals surface area contributed by atoms with Crippen LogP contribution in [0.1, 0.15) is 0 Å². The van der Waals surface area contributed by atoms with Gasteiger partial charge in [0.2, 0.25) is 5.03 Å². The average Bonchev–Trinajstić information content (AvgIpc) is 2.38. The molecule has 0 aromatic carbocycles. The lowest BCUT2D eigenvalue weighted by molar-refractivity contribution is 0.546. The predicted molar refractivity (Wildman–Crippen MR) is 48.5 cm³/mol. The van der Waals surface area contributed by atoms with E-state index in [2.05, 4.69) is 4.98 Å². The molecule has 0 radical (unpaired) electrons. The molecule has 0 saturated heterocycles. The van der Waals surface area contributed by atoms with Crippen LogP contribution in [0.25, 0.3) is 5.65 Å². The molecule has 0 unspecified atom stereocenters. The van der Waals surface area contributed by atoms with E-state index in [4.69, 9.17) is 11.6 Å². The fourth-order valence-electron chi connectivity index (χ4n) is 1.16. The molecule has 0 atom stereocenters. The van der Waals surface area contributed by atoms with Crippen molar-refractivity contribution in [2.24, 2.45) is 0 Å². The lowest BCUT2D eigenvalue weighted by Crippen LogP contribution is -1.97. The van der Waals surface area contributed by atoms with Gasteiger partial charge in [-0.3, -0.25) is 4.40 Å². The first-order valence-corrected chi connectivity index (χ1v) is 5.33. The van der Waals surface area contributed by atoms with Crippen molar-refractivity contribution in [1.29, 1.82) is 0 Å². The van der Waals surface area contributed by atoms with E-state index in [0.717, 1.165) is 4.40 Å². The summed E-state index contributed by atoms with van der Waals surface area (Å²) in [6, 6.07) is 4.73. The molecule has 0 fully saturated rings. The van der Waals surface area contributed by atoms with Crippen LogP contribution in [-0.2, 0) is 10.2 Å². The molecule has 2 aromatic heterocycles. The van der Waals surface area contributed by atoms with Crippen LogP contribution in [0.4, 0.5) is 3.89 Å². The minimum atomic E-state index is -4.85. The molecule has 0 aliphatic carbocycles. The van der Waals surface area contributed by atoms with Crippen molar-refractivity contribution in [3.05, 3.63) is 29.5 Å². The molecular formula is C7H4ClFN2O2S. The predicted octanol–water partition coefficient (Wildman–Crippen LogP) is 1.65. The molecule has 2 rings (SSSR count). The maximum Gasteiger partial charge on any atom is 0.351 e. The van der Waals surface area contributed by atoms with E-state index < -0.39 is 15.2 Å². The molecule has 0 spiro atoms. The van der Waals surface area contributed by atoms with Crippen molar-refractivity contribution in [2.45, 2.75) is 5.03 Å². The van der Waals surface area contributed by atoms with Crippen molar-refractivity contribution in [3.63, 3.8) is 0 Å². The summed E-state index contributed by atoms with van der Waals surface area (Å²) >= 11 is 5.50. The van der Waals surface area contributed by atoms with Crippen molar-refractivity contribution < 1.29 is 12.3 Å². The molecule has 0 aliphatic heterocycles. The molecule has 2 aromatic rings. The maximum atomic E-state index is 12.8. The molecule has 0 aliphatic rings. The fourth-order valence-corrected chi connectivity index (χ4v) is 2.25. The summed E-state index contributed by atoms with van der Waals surface area (Å²) in [5, 5.41) is -0.992. The van der Waals surface area contributed by atoms with Gasteiger partial charge in [-0.05, 0) is 12.1 Å². The van der Waals surface area contributed by atoms with Gasteiger partial charge in [-0.1, -0.05) is 21.6 Å². The van der Waals surface area contributed by atoms with Gasteiger partial charge in [-0.15, -0.1) is 0 Å². The Morgan fingerprint density at radius 1 is 1.43 bits per heavy atom. The number of imidazole rings is 1. The standard InChI is InChI=1S/C7H4ClFN2O2S/c8-6-7(14(9,12)13)11-4-2-1-3-5(11)10-6/h1-4H. The zero-order valence-corrected chi connectivity index (χ0v) is 8.26. The van der Waals surface area contributed by atoms with Gasteiger partial charge < -0.3 is 0 Å². The summed E-state index contributed by atoms with van der Waals surface area (Å²) < 4.78 is 35.3. The van der Waals surface area contributed by atoms with Gasteiger partial charge in [0.05, 0.1) is 0 Å². The lowest BCUT2D eigenvalue weighted by atomic mass is 10.5. The first-order valence-electron chi connectivity index (χ1n) is 3.57. The summed E-state index contributed by atoms with van der Waals surface area (Å²) in [5.41, 5.74) is 0.286. The molecule has 0 saturated carbocycles. The second kappa shape index (κ2) is 2.93. The Hall–Kier alpha value is -1.14. The van der Waals surface area contributed by atoms with E-state index in [1.807, 2.05) is 0 Å². The fraction of sp³-hybridized carbons (Fsp3) is 0. The van der Waals surface area contributed by atoms with E-state index in [1.165, 1.54) is 12.3 Å². The number of rotatable bonds is 1. The number of nitrogens with zero attached hydrogens (tertiary/aromatic N) is 2. The summed E-state index contributed by atoms with van der Waals surface area (Å²) in [7, 11) is -4.85. The Morgan fingerprint density at radius 3 is 2.79 bits per heavy atom. The Labute approximate surface area is 84.2 Å². The monoisotopic (exact) mass is 234 g/mol. The van der Waals surface area contributed by atoms with Crippen molar-refractivity contribution in [3.8, 4) is 0 Å². The topological polar surface area (TPSA) is 51.4 Å². The summed E-state index contributed by atoms with van der Waals surface area (Å²) in [6.07, 6.45) is 1.38. The molecular weight excluding hydrogens is 231 g/mol. The Balaban J connectivity index is 2.95. The van der Waals surface area contributed by atoms with Gasteiger partial charge in [0.25, 0.3) is 0 Å². The largest absolute Gasteiger partial charge is 0.351 e. The molecule has 0 N–H and O–H groups in total. The number of hydrogen-bond acceptors (Lipinski definition) is 3. The molecule has 0 amide bonds. The van der Waals surface area contributed by atoms with Crippen LogP contribution in [0.3, 0.4) is 0 Å². The normalized spacial score (nSPS) is 12.1. The van der Waals surface area contributed by atoms with Crippen LogP contribution in [0.15, 0.2) is 29.4 Å². The zero-order chi connectivity index (χ0) is 10.3. The Bertz CT molecular complexity index is 593. The highest BCUT2D eigenvalue weighted by Gasteiger charge is 2.23. The maximum absolute atomic E-state index is 12.8. The van der Waals surface area contributed by atoms with Gasteiger partial charge >= 0.3 is 10.2 Å². The van der Waals surface area contributed by atoms with Crippen LogP contribution in [0.2, 0.25) is 5.15 Å². The first-order chi connectivity index (χ1) is 6.50. The molecule has 4 nitrogen and oxygen atoms in total. The minimum absolute atomic E-state index is 0.286. The van der Waals surface area contributed by atoms with Crippen molar-refractivity contribution in [1.82, 2.24) is 9.38 Å². The third kappa shape index (κ3) is 1.36. The van der Waals surface area contributed by atoms with Gasteiger partial charge in [-0.25, -0.2) is 4.98 Å². The van der Waals surface area contributed by atoms with E-state index in [1.54, 1.807) is 12.1 Å². The highest BCUT2D eigenvalue weighted by atomic mass is 35.5. The van der Waals surface area contributed by atoms with Crippen LogP contribution < -0.4 is 0 Å². The SMILES string of the molecule is O=S(=O)(F)c1c(Cl)nc2ccccn12. The molecule has 7 heteroatoms. The van der Waals surface area contributed by atoms with Gasteiger partial charge in [0, 0.05) is 6.20 Å². The van der Waals surface area contributed by atoms with Crippen molar-refractivity contribution in [2.75, 3.05) is 0 Å². The third-order valence-corrected chi connectivity index (χ3v) is 2.90. The van der Waals surface area contributed by atoms with Crippen LogP contribution in [-0.4, -0.2) is 17.8 Å². The number of fused-ring (bicyclic) bond motifs is 1. The van der Waals surface area contributed by atoms with Crippen LogP contribution in [0, 0.1) is 0 Å². The summed E-state index contributed by atoms with van der Waals surface area (Å²) in [4.78, 5) is 3.69. The molecule has 0 bridgehead atoms. The summed E-state index contributed by atoms with van der Waals surface area (Å²) in [6.45, 7) is 0. The minimum Gasteiger partial charge on any atom is -0.287 e. The number of aromatic nitrogens is 2. The number of pyridine rings is 1. The lowest BCUT2D eigenvalue weighted by Gasteiger charge is -1.94. The quantitative estimate of drug-likeness (QED) is 0.705. The van der Waals surface area contributed by atoms with E-state index >= 15 is 0 Å². The highest BCUT2D eigenvalue weighted by Crippen LogP contribution is 2.23. The third-order valence-electron chi connectivity index (χ3n) is 1.68. The van der Waals surface area contributed by atoms with Crippen LogP contribution in [0.5, 0.6) is 0 Å². The number of hydrogen-bond donors (Lipinski definition) is 0. The highest BCUT2D eigenvalue weighted by molar-refractivity contribution is 7.86. The van der Waals surface area contributed by atoms with Gasteiger partial charge in [0.1, 0.15) is 5.65 Å². The van der Waals surface area contributed by atoms with E-state index in [-0.39, 0.29) is 10.8 Å². The smallest absolute Gasteiger partial charge is 0.287 e. The molecule has 14 heavy (non-hydrogen) atoms. The van der Waals surface area contributed by atoms with Gasteiger partial charge in [-0.2, -0.15) is 8.42 Å².